The molecular formula is C22H22F4N6O3S2. The molecule has 1 aliphatic heterocycles. The number of hydrogen-bond donors (Lipinski definition) is 3. The molecule has 5 rings (SSSR count). The van der Waals surface area contributed by atoms with Gasteiger partial charge in [-0.1, -0.05) is 0 Å². The highest BCUT2D eigenvalue weighted by Crippen LogP contribution is 2.46. The minimum absolute atomic E-state index is 0.0531. The molecule has 2 aromatic heterocycles. The van der Waals surface area contributed by atoms with Crippen molar-refractivity contribution in [3.63, 3.8) is 0 Å². The largest absolute Gasteiger partial charge is 0.434 e. The molecule has 1 aliphatic carbocycles. The second-order valence-electron chi connectivity index (χ2n) is 8.80. The van der Waals surface area contributed by atoms with Gasteiger partial charge in [0.1, 0.15) is 11.0 Å². The third kappa shape index (κ3) is 5.33. The number of sulfonamides is 1. The Morgan fingerprint density at radius 1 is 1.16 bits per heavy atom. The molecule has 0 bridgehead atoms. The van der Waals surface area contributed by atoms with Crippen LogP contribution < -0.4 is 20.1 Å². The first kappa shape index (κ1) is 25.6. The highest BCUT2D eigenvalue weighted by molar-refractivity contribution is 7.94. The maximum absolute atomic E-state index is 14.8. The van der Waals surface area contributed by atoms with E-state index in [0.29, 0.717) is 35.1 Å². The van der Waals surface area contributed by atoms with Gasteiger partial charge < -0.3 is 15.4 Å². The highest BCUT2D eigenvalue weighted by atomic mass is 32.2. The third-order valence-electron chi connectivity index (χ3n) is 5.84. The summed E-state index contributed by atoms with van der Waals surface area (Å²) in [6, 6.07) is 3.34. The van der Waals surface area contributed by atoms with Crippen molar-refractivity contribution < 1.29 is 30.7 Å². The van der Waals surface area contributed by atoms with Crippen molar-refractivity contribution in [2.24, 2.45) is 0 Å². The molecule has 0 unspecified atom stereocenters. The molecule has 0 radical (unpaired) electrons. The smallest absolute Gasteiger partial charge is 0.268 e. The number of halogens is 4. The van der Waals surface area contributed by atoms with Crippen molar-refractivity contribution in [2.45, 2.75) is 43.4 Å². The second kappa shape index (κ2) is 9.68. The van der Waals surface area contributed by atoms with Crippen molar-refractivity contribution in [3.05, 3.63) is 41.0 Å². The van der Waals surface area contributed by atoms with E-state index in [1.807, 2.05) is 0 Å². The highest BCUT2D eigenvalue weighted by Gasteiger charge is 2.56. The number of aromatic nitrogens is 3. The van der Waals surface area contributed by atoms with Crippen LogP contribution in [0.3, 0.4) is 0 Å². The van der Waals surface area contributed by atoms with Crippen molar-refractivity contribution >= 4 is 33.0 Å². The van der Waals surface area contributed by atoms with Gasteiger partial charge in [0.05, 0.1) is 16.4 Å². The standard InChI is InChI=1S/C22H22F4N6O3S2/c1-11-29-20(19(36-11)15-4-7-28-21(31-15)30-13-8-12(23)9-27-10-13)35-16-3-2-14(17(24)18(16)25)32-37(33,34)22(26)5-6-22/h2-4,7,12-13,27,32H,5-6,8-10H2,1H3,(H,28,30,31)/t12-,13-/m0/s1. The average molecular weight is 559 g/mol. The number of nitrogens with one attached hydrogen (secondary N) is 3. The summed E-state index contributed by atoms with van der Waals surface area (Å²) in [6.07, 6.45) is 0.382. The predicted octanol–water partition coefficient (Wildman–Crippen LogP) is 4.29. The molecule has 37 heavy (non-hydrogen) atoms. The van der Waals surface area contributed by atoms with Crippen molar-refractivity contribution in [3.8, 4) is 22.2 Å². The van der Waals surface area contributed by atoms with Gasteiger partial charge in [-0.05, 0) is 25.1 Å². The summed E-state index contributed by atoms with van der Waals surface area (Å²) in [5, 5.41) is 4.14. The van der Waals surface area contributed by atoms with Crippen LogP contribution in [0, 0.1) is 18.6 Å². The summed E-state index contributed by atoms with van der Waals surface area (Å²) in [5.41, 5.74) is -0.343. The van der Waals surface area contributed by atoms with Gasteiger partial charge in [0.15, 0.2) is 11.6 Å². The van der Waals surface area contributed by atoms with E-state index in [2.05, 4.69) is 25.6 Å². The van der Waals surface area contributed by atoms with Gasteiger partial charge in [-0.3, -0.25) is 4.72 Å². The number of alkyl halides is 2. The molecule has 3 aromatic rings. The quantitative estimate of drug-likeness (QED) is 0.351. The minimum atomic E-state index is -4.53. The van der Waals surface area contributed by atoms with Gasteiger partial charge in [0, 0.05) is 44.6 Å². The first-order valence-corrected chi connectivity index (χ1v) is 13.6. The van der Waals surface area contributed by atoms with Crippen LogP contribution in [0.1, 0.15) is 24.3 Å². The van der Waals surface area contributed by atoms with Gasteiger partial charge in [-0.25, -0.2) is 36.5 Å². The first-order valence-electron chi connectivity index (χ1n) is 11.3. The fourth-order valence-electron chi connectivity index (χ4n) is 3.77. The molecule has 3 N–H and O–H groups in total. The molecule has 198 valence electrons. The zero-order chi connectivity index (χ0) is 26.4. The van der Waals surface area contributed by atoms with E-state index in [1.165, 1.54) is 17.5 Å². The lowest BCUT2D eigenvalue weighted by Crippen LogP contribution is -2.44. The second-order valence-corrected chi connectivity index (χ2v) is 11.9. The monoisotopic (exact) mass is 558 g/mol. The number of piperidine rings is 1. The van der Waals surface area contributed by atoms with Crippen LogP contribution in [-0.4, -0.2) is 53.7 Å². The molecule has 3 heterocycles. The SMILES string of the molecule is Cc1nc(Oc2ccc(NS(=O)(=O)C3(F)CC3)c(F)c2F)c(-c2ccnc(N[C@@H]3CNC[C@@H](F)C3)n2)s1. The van der Waals surface area contributed by atoms with Crippen LogP contribution in [0.15, 0.2) is 24.4 Å². The minimum Gasteiger partial charge on any atom is -0.434 e. The van der Waals surface area contributed by atoms with E-state index in [-0.39, 0.29) is 30.7 Å². The summed E-state index contributed by atoms with van der Waals surface area (Å²) in [5.74, 6) is -3.37. The summed E-state index contributed by atoms with van der Waals surface area (Å²) in [4.78, 5) is 13.3. The third-order valence-corrected chi connectivity index (χ3v) is 8.68. The van der Waals surface area contributed by atoms with Gasteiger partial charge in [0.2, 0.25) is 22.6 Å². The Balaban J connectivity index is 1.37. The summed E-state index contributed by atoms with van der Waals surface area (Å²) in [7, 11) is -4.53. The molecule has 9 nitrogen and oxygen atoms in total. The number of anilines is 2. The number of ether oxygens (including phenoxy) is 1. The number of thiazole rings is 1. The maximum atomic E-state index is 14.8. The summed E-state index contributed by atoms with van der Waals surface area (Å²) >= 11 is 1.20. The number of benzene rings is 1. The van der Waals surface area contributed by atoms with Crippen LogP contribution in [0.5, 0.6) is 11.6 Å². The molecule has 1 saturated carbocycles. The summed E-state index contributed by atoms with van der Waals surface area (Å²) < 4.78 is 88.6. The molecule has 2 atom stereocenters. The van der Waals surface area contributed by atoms with Gasteiger partial charge in [-0.2, -0.15) is 4.39 Å². The average Bonchev–Trinajstić information content (AvgIpc) is 3.51. The van der Waals surface area contributed by atoms with E-state index >= 15 is 0 Å². The van der Waals surface area contributed by atoms with Crippen LogP contribution >= 0.6 is 11.3 Å². The van der Waals surface area contributed by atoms with Crippen molar-refractivity contribution in [2.75, 3.05) is 23.1 Å². The zero-order valence-corrected chi connectivity index (χ0v) is 21.0. The Morgan fingerprint density at radius 2 is 1.95 bits per heavy atom. The van der Waals surface area contributed by atoms with Crippen molar-refractivity contribution in [1.82, 2.24) is 20.3 Å². The molecular weight excluding hydrogens is 536 g/mol. The Hall–Kier alpha value is -3.04. The topological polar surface area (TPSA) is 118 Å². The van der Waals surface area contributed by atoms with Gasteiger partial charge in [0.25, 0.3) is 10.0 Å². The van der Waals surface area contributed by atoms with E-state index in [1.54, 1.807) is 17.7 Å². The first-order chi connectivity index (χ1) is 17.5. The number of hydrogen-bond acceptors (Lipinski definition) is 9. The van der Waals surface area contributed by atoms with Crippen LogP contribution in [0.4, 0.5) is 29.2 Å². The lowest BCUT2D eigenvalue weighted by Gasteiger charge is -2.26. The van der Waals surface area contributed by atoms with E-state index < -0.39 is 44.3 Å². The van der Waals surface area contributed by atoms with Crippen LogP contribution in [0.2, 0.25) is 0 Å². The van der Waals surface area contributed by atoms with Crippen LogP contribution in [-0.2, 0) is 10.0 Å². The predicted molar refractivity (Wildman–Crippen MR) is 130 cm³/mol. The molecule has 2 aliphatic rings. The number of aryl methyl sites for hydroxylation is 1. The van der Waals surface area contributed by atoms with E-state index in [0.717, 1.165) is 12.1 Å². The molecule has 15 heteroatoms. The van der Waals surface area contributed by atoms with Crippen molar-refractivity contribution in [1.29, 1.82) is 0 Å². The maximum Gasteiger partial charge on any atom is 0.268 e. The molecule has 1 aromatic carbocycles. The van der Waals surface area contributed by atoms with Gasteiger partial charge in [-0.15, -0.1) is 11.3 Å². The number of nitrogens with zero attached hydrogens (tertiary/aromatic N) is 3. The van der Waals surface area contributed by atoms with E-state index in [9.17, 15) is 26.0 Å². The Labute approximate surface area is 213 Å². The number of rotatable bonds is 8. The molecule has 0 amide bonds. The Bertz CT molecular complexity index is 1430. The molecule has 1 saturated heterocycles. The lowest BCUT2D eigenvalue weighted by atomic mass is 10.1. The normalized spacial score (nSPS) is 20.9. The fraction of sp³-hybridized carbons (Fsp3) is 0.409. The van der Waals surface area contributed by atoms with Gasteiger partial charge >= 0.3 is 0 Å². The van der Waals surface area contributed by atoms with E-state index in [4.69, 9.17) is 4.74 Å². The molecule has 0 spiro atoms. The van der Waals surface area contributed by atoms with Crippen LogP contribution in [0.25, 0.3) is 10.6 Å². The summed E-state index contributed by atoms with van der Waals surface area (Å²) in [6.45, 7) is 2.53. The fourth-order valence-corrected chi connectivity index (χ4v) is 5.86. The zero-order valence-electron chi connectivity index (χ0n) is 19.4. The lowest BCUT2D eigenvalue weighted by molar-refractivity contribution is 0.254. The Kier molecular flexibility index (Phi) is 6.70. The Morgan fingerprint density at radius 3 is 2.68 bits per heavy atom. The molecule has 2 fully saturated rings.